The highest BCUT2D eigenvalue weighted by Gasteiger charge is 2.18. The van der Waals surface area contributed by atoms with Crippen LogP contribution in [0.1, 0.15) is 142 Å². The van der Waals surface area contributed by atoms with Crippen LogP contribution >= 0.6 is 0 Å². The van der Waals surface area contributed by atoms with Crippen molar-refractivity contribution in [3.05, 3.63) is 48.6 Å². The molecule has 246 valence electrons. The molecular weight excluding hydrogens is 540 g/mol. The summed E-state index contributed by atoms with van der Waals surface area (Å²) in [4.78, 5) is 35.8. The fraction of sp³-hybridized carbons (Fsp3) is 0.694. The molecule has 0 aromatic heterocycles. The molecule has 0 spiro atoms. The largest absolute Gasteiger partial charge is 0.480 e. The van der Waals surface area contributed by atoms with Crippen LogP contribution in [0.3, 0.4) is 0 Å². The molecule has 0 radical (unpaired) electrons. The predicted octanol–water partition coefficient (Wildman–Crippen LogP) is 8.49. The molecule has 0 aliphatic carbocycles. The average Bonchev–Trinajstić information content (AvgIpc) is 2.98. The Hall–Kier alpha value is -2.67. The van der Waals surface area contributed by atoms with Gasteiger partial charge in [0.25, 0.3) is 0 Å². The molecule has 0 aliphatic rings. The number of rotatable bonds is 29. The van der Waals surface area contributed by atoms with Gasteiger partial charge in [-0.05, 0) is 95.7 Å². The molecule has 1 amide bonds. The number of carboxylic acids is 1. The van der Waals surface area contributed by atoms with E-state index in [4.69, 9.17) is 10.5 Å². The smallest absolute Gasteiger partial charge is 0.326 e. The number of aliphatic carboxylic acids is 1. The van der Waals surface area contributed by atoms with Gasteiger partial charge < -0.3 is 20.9 Å². The third-order valence-corrected chi connectivity index (χ3v) is 7.09. The molecular formula is C36H62N2O5. The van der Waals surface area contributed by atoms with Crippen molar-refractivity contribution < 1.29 is 24.2 Å². The number of hydrogen-bond donors (Lipinski definition) is 3. The molecule has 0 aromatic carbocycles. The maximum Gasteiger partial charge on any atom is 0.326 e. The average molecular weight is 603 g/mol. The van der Waals surface area contributed by atoms with Gasteiger partial charge >= 0.3 is 11.9 Å². The first-order chi connectivity index (χ1) is 20.9. The fourth-order valence-electron chi connectivity index (χ4n) is 4.52. The van der Waals surface area contributed by atoms with Gasteiger partial charge in [-0.3, -0.25) is 9.59 Å². The summed E-state index contributed by atoms with van der Waals surface area (Å²) in [5.74, 6) is -1.42. The minimum absolute atomic E-state index is 0.157. The molecule has 4 N–H and O–H groups in total. The molecule has 0 saturated carbocycles. The number of ether oxygens (including phenoxy) is 1. The standard InChI is InChI=1S/C36H62N2O5/c1-3-5-7-9-10-11-12-13-14-15-20-24-30-35(40)43-32(26-21-17-8-6-4-2)27-22-18-16-19-23-29-34(39)38-33(36(41)42)28-25-31-37/h6,8,10-11,21-22,26-27,32-33H,3-5,7,9,12-20,23-25,28-31,37H2,1-2H3,(H,38,39)(H,41,42)/b8-6-,11-10-,26-21-,27-22-. The molecule has 0 rings (SSSR count). The summed E-state index contributed by atoms with van der Waals surface area (Å²) in [5, 5.41) is 11.8. The van der Waals surface area contributed by atoms with E-state index in [-0.39, 0.29) is 18.0 Å². The van der Waals surface area contributed by atoms with Crippen LogP contribution in [0.5, 0.6) is 0 Å². The van der Waals surface area contributed by atoms with E-state index in [1.165, 1.54) is 38.5 Å². The van der Waals surface area contributed by atoms with Crippen LogP contribution in [0.15, 0.2) is 48.6 Å². The van der Waals surface area contributed by atoms with Crippen LogP contribution in [0.25, 0.3) is 0 Å². The SMILES string of the molecule is CC/C=C\C/C=C\C(/C=C\CCCCCC(=O)NC(CCCN)C(=O)O)OC(=O)CCCCCCC/C=C\CCCCC. The number of carbonyl (C=O) groups excluding carboxylic acids is 2. The van der Waals surface area contributed by atoms with E-state index in [0.29, 0.717) is 38.6 Å². The maximum absolute atomic E-state index is 12.5. The van der Waals surface area contributed by atoms with Crippen molar-refractivity contribution in [2.45, 2.75) is 154 Å². The van der Waals surface area contributed by atoms with Gasteiger partial charge in [-0.15, -0.1) is 0 Å². The molecule has 0 aromatic rings. The van der Waals surface area contributed by atoms with Crippen LogP contribution in [0.4, 0.5) is 0 Å². The molecule has 43 heavy (non-hydrogen) atoms. The number of esters is 1. The lowest BCUT2D eigenvalue weighted by Crippen LogP contribution is -2.40. The van der Waals surface area contributed by atoms with Crippen LogP contribution in [0.2, 0.25) is 0 Å². The van der Waals surface area contributed by atoms with E-state index in [0.717, 1.165) is 57.8 Å². The van der Waals surface area contributed by atoms with Crippen molar-refractivity contribution in [1.29, 1.82) is 0 Å². The summed E-state index contributed by atoms with van der Waals surface area (Å²) in [5.41, 5.74) is 5.44. The minimum atomic E-state index is -1.02. The van der Waals surface area contributed by atoms with Crippen LogP contribution in [-0.4, -0.2) is 41.6 Å². The lowest BCUT2D eigenvalue weighted by Gasteiger charge is -2.13. The van der Waals surface area contributed by atoms with E-state index in [9.17, 15) is 19.5 Å². The van der Waals surface area contributed by atoms with Crippen LogP contribution in [0, 0.1) is 0 Å². The quantitative estimate of drug-likeness (QED) is 0.0449. The van der Waals surface area contributed by atoms with E-state index in [2.05, 4.69) is 43.5 Å². The molecule has 7 heteroatoms. The highest BCUT2D eigenvalue weighted by atomic mass is 16.5. The Morgan fingerprint density at radius 1 is 0.721 bits per heavy atom. The monoisotopic (exact) mass is 602 g/mol. The highest BCUT2D eigenvalue weighted by Crippen LogP contribution is 2.11. The predicted molar refractivity (Wildman–Crippen MR) is 179 cm³/mol. The van der Waals surface area contributed by atoms with Crippen molar-refractivity contribution in [3.63, 3.8) is 0 Å². The molecule has 0 heterocycles. The third kappa shape index (κ3) is 27.9. The number of carbonyl (C=O) groups is 3. The number of nitrogens with two attached hydrogens (primary N) is 1. The van der Waals surface area contributed by atoms with E-state index >= 15 is 0 Å². The highest BCUT2D eigenvalue weighted by molar-refractivity contribution is 5.83. The van der Waals surface area contributed by atoms with Gasteiger partial charge in [0, 0.05) is 12.8 Å². The fourth-order valence-corrected chi connectivity index (χ4v) is 4.52. The molecule has 0 aliphatic heterocycles. The van der Waals surface area contributed by atoms with Crippen molar-refractivity contribution in [3.8, 4) is 0 Å². The zero-order chi connectivity index (χ0) is 31.8. The third-order valence-electron chi connectivity index (χ3n) is 7.09. The molecule has 0 fully saturated rings. The van der Waals surface area contributed by atoms with E-state index in [1.807, 2.05) is 24.3 Å². The number of allylic oxidation sites excluding steroid dienone is 6. The van der Waals surface area contributed by atoms with Crippen molar-refractivity contribution in [2.75, 3.05) is 6.54 Å². The van der Waals surface area contributed by atoms with Gasteiger partial charge in [-0.1, -0.05) is 88.8 Å². The second-order valence-electron chi connectivity index (χ2n) is 11.2. The maximum atomic E-state index is 12.5. The Morgan fingerprint density at radius 3 is 2.00 bits per heavy atom. The Labute approximate surface area is 262 Å². The first-order valence-corrected chi connectivity index (χ1v) is 17.0. The lowest BCUT2D eigenvalue weighted by atomic mass is 10.1. The summed E-state index contributed by atoms with van der Waals surface area (Å²) < 4.78 is 5.75. The number of unbranched alkanes of at least 4 members (excludes halogenated alkanes) is 11. The number of carboxylic acid groups (broad SMARTS) is 1. The van der Waals surface area contributed by atoms with Gasteiger partial charge in [0.15, 0.2) is 0 Å². The Balaban J connectivity index is 4.33. The van der Waals surface area contributed by atoms with Gasteiger partial charge in [0.05, 0.1) is 0 Å². The van der Waals surface area contributed by atoms with Crippen molar-refractivity contribution >= 4 is 17.8 Å². The number of amides is 1. The van der Waals surface area contributed by atoms with Gasteiger partial charge in [0.1, 0.15) is 12.1 Å². The molecule has 0 saturated heterocycles. The van der Waals surface area contributed by atoms with E-state index < -0.39 is 12.0 Å². The summed E-state index contributed by atoms with van der Waals surface area (Å²) >= 11 is 0. The second-order valence-corrected chi connectivity index (χ2v) is 11.2. The summed E-state index contributed by atoms with van der Waals surface area (Å²) in [6, 6.07) is -0.874. The molecule has 0 bridgehead atoms. The molecule has 2 unspecified atom stereocenters. The lowest BCUT2D eigenvalue weighted by molar-refractivity contribution is -0.145. The van der Waals surface area contributed by atoms with Crippen LogP contribution in [-0.2, 0) is 19.1 Å². The van der Waals surface area contributed by atoms with Gasteiger partial charge in [-0.25, -0.2) is 4.79 Å². The normalized spacial score (nSPS) is 13.4. The van der Waals surface area contributed by atoms with Crippen molar-refractivity contribution in [1.82, 2.24) is 5.32 Å². The minimum Gasteiger partial charge on any atom is -0.480 e. The first-order valence-electron chi connectivity index (χ1n) is 17.0. The summed E-state index contributed by atoms with van der Waals surface area (Å²) in [6.45, 7) is 4.73. The Kier molecular flexibility index (Phi) is 28.9. The Bertz CT molecular complexity index is 818. The van der Waals surface area contributed by atoms with Crippen molar-refractivity contribution in [2.24, 2.45) is 5.73 Å². The molecule has 2 atom stereocenters. The number of hydrogen-bond acceptors (Lipinski definition) is 5. The number of nitrogens with one attached hydrogen (secondary N) is 1. The zero-order valence-electron chi connectivity index (χ0n) is 27.3. The van der Waals surface area contributed by atoms with E-state index in [1.54, 1.807) is 0 Å². The summed E-state index contributed by atoms with van der Waals surface area (Å²) in [7, 11) is 0. The van der Waals surface area contributed by atoms with Crippen LogP contribution < -0.4 is 11.1 Å². The second kappa shape index (κ2) is 30.8. The van der Waals surface area contributed by atoms with Gasteiger partial charge in [-0.2, -0.15) is 0 Å². The first kappa shape index (κ1) is 40.3. The summed E-state index contributed by atoms with van der Waals surface area (Å²) in [6.07, 6.45) is 34.9. The van der Waals surface area contributed by atoms with Gasteiger partial charge in [0.2, 0.25) is 5.91 Å². The topological polar surface area (TPSA) is 119 Å². The Morgan fingerprint density at radius 2 is 1.33 bits per heavy atom. The zero-order valence-corrected chi connectivity index (χ0v) is 27.3. The molecule has 7 nitrogen and oxygen atoms in total.